The minimum absolute atomic E-state index is 0.116. The Morgan fingerprint density at radius 1 is 1.18 bits per heavy atom. The van der Waals surface area contributed by atoms with Crippen LogP contribution in [-0.4, -0.2) is 53.9 Å². The number of hydrogen-bond donors (Lipinski definition) is 3. The van der Waals surface area contributed by atoms with Crippen LogP contribution in [0.5, 0.6) is 0 Å². The minimum atomic E-state index is -0.233. The topological polar surface area (TPSA) is 112 Å². The highest BCUT2D eigenvalue weighted by atomic mass is 16.3. The van der Waals surface area contributed by atoms with Gasteiger partial charge in [-0.15, -0.1) is 0 Å². The lowest BCUT2D eigenvalue weighted by Gasteiger charge is -2.29. The van der Waals surface area contributed by atoms with E-state index in [0.29, 0.717) is 23.4 Å². The monoisotopic (exact) mass is 383 g/mol. The van der Waals surface area contributed by atoms with Crippen molar-refractivity contribution in [3.63, 3.8) is 0 Å². The first kappa shape index (κ1) is 18.6. The van der Waals surface area contributed by atoms with Gasteiger partial charge in [0, 0.05) is 31.4 Å². The second kappa shape index (κ2) is 7.69. The summed E-state index contributed by atoms with van der Waals surface area (Å²) in [5.74, 6) is 2.58. The number of fused-ring (bicyclic) bond motifs is 1. The molecule has 1 aliphatic heterocycles. The lowest BCUT2D eigenvalue weighted by Crippen LogP contribution is -2.36. The number of rotatable bonds is 5. The molecule has 0 amide bonds. The summed E-state index contributed by atoms with van der Waals surface area (Å²) >= 11 is 0. The molecule has 9 nitrogen and oxygen atoms in total. The van der Waals surface area contributed by atoms with E-state index in [0.717, 1.165) is 37.0 Å². The largest absolute Gasteiger partial charge is 0.393 e. The number of aliphatic hydroxyl groups is 2. The summed E-state index contributed by atoms with van der Waals surface area (Å²) in [7, 11) is 0. The van der Waals surface area contributed by atoms with Gasteiger partial charge in [-0.05, 0) is 32.8 Å². The van der Waals surface area contributed by atoms with E-state index in [1.807, 2.05) is 10.6 Å². The van der Waals surface area contributed by atoms with Crippen LogP contribution < -0.4 is 10.2 Å². The molecule has 0 aromatic carbocycles. The molecule has 0 radical (unpaired) electrons. The van der Waals surface area contributed by atoms with Gasteiger partial charge in [0.2, 0.25) is 5.95 Å². The molecule has 4 heterocycles. The van der Waals surface area contributed by atoms with Crippen LogP contribution in [0.3, 0.4) is 0 Å². The lowest BCUT2D eigenvalue weighted by molar-refractivity contribution is 0.145. The molecule has 148 valence electrons. The Bertz CT molecular complexity index is 964. The van der Waals surface area contributed by atoms with Gasteiger partial charge in [0.1, 0.15) is 29.6 Å². The summed E-state index contributed by atoms with van der Waals surface area (Å²) in [4.78, 5) is 19.9. The normalized spacial score (nSPS) is 15.5. The first-order chi connectivity index (χ1) is 13.5. The quantitative estimate of drug-likeness (QED) is 0.613. The van der Waals surface area contributed by atoms with Crippen LogP contribution in [0.15, 0.2) is 24.5 Å². The van der Waals surface area contributed by atoms with E-state index in [4.69, 9.17) is 0 Å². The first-order valence-corrected chi connectivity index (χ1v) is 9.56. The molecule has 4 rings (SSSR count). The molecule has 0 bridgehead atoms. The number of piperidine rings is 1. The van der Waals surface area contributed by atoms with Crippen molar-refractivity contribution in [3.8, 4) is 0 Å². The van der Waals surface area contributed by atoms with Gasteiger partial charge in [-0.1, -0.05) is 0 Å². The van der Waals surface area contributed by atoms with Gasteiger partial charge >= 0.3 is 0 Å². The predicted octanol–water partition coefficient (Wildman–Crippen LogP) is 2.00. The van der Waals surface area contributed by atoms with E-state index in [1.165, 1.54) is 0 Å². The fraction of sp³-hybridized carbons (Fsp3) is 0.474. The van der Waals surface area contributed by atoms with Crippen LogP contribution in [0.25, 0.3) is 11.0 Å². The molecule has 0 saturated carbocycles. The van der Waals surface area contributed by atoms with E-state index in [9.17, 15) is 10.2 Å². The first-order valence-electron chi connectivity index (χ1n) is 9.56. The van der Waals surface area contributed by atoms with Crippen molar-refractivity contribution in [2.24, 2.45) is 0 Å². The van der Waals surface area contributed by atoms with E-state index in [2.05, 4.69) is 44.0 Å². The molecule has 0 aliphatic carbocycles. The molecule has 0 unspecified atom stereocenters. The molecule has 9 heteroatoms. The average molecular weight is 383 g/mol. The van der Waals surface area contributed by atoms with Crippen LogP contribution in [-0.2, 0) is 6.61 Å². The third-order valence-electron chi connectivity index (χ3n) is 4.95. The van der Waals surface area contributed by atoms with Crippen LogP contribution in [0.4, 0.5) is 17.6 Å². The Hall–Kier alpha value is -2.78. The maximum absolute atomic E-state index is 9.68. The van der Waals surface area contributed by atoms with Crippen LogP contribution in [0.1, 0.15) is 38.6 Å². The van der Waals surface area contributed by atoms with Crippen molar-refractivity contribution in [3.05, 3.63) is 30.4 Å². The van der Waals surface area contributed by atoms with Crippen molar-refractivity contribution >= 4 is 28.6 Å². The van der Waals surface area contributed by atoms with Gasteiger partial charge in [0.25, 0.3) is 0 Å². The van der Waals surface area contributed by atoms with Crippen LogP contribution >= 0.6 is 0 Å². The number of pyridine rings is 1. The molecule has 0 spiro atoms. The van der Waals surface area contributed by atoms with Crippen molar-refractivity contribution in [1.29, 1.82) is 0 Å². The number of aliphatic hydroxyl groups excluding tert-OH is 2. The fourth-order valence-electron chi connectivity index (χ4n) is 3.57. The van der Waals surface area contributed by atoms with Gasteiger partial charge in [-0.25, -0.2) is 15.0 Å². The molecule has 1 saturated heterocycles. The average Bonchev–Trinajstić information content (AvgIpc) is 3.07. The molecule has 3 N–H and O–H groups in total. The summed E-state index contributed by atoms with van der Waals surface area (Å²) in [6.45, 7) is 5.48. The zero-order valence-electron chi connectivity index (χ0n) is 16.1. The number of imidazole rings is 1. The van der Waals surface area contributed by atoms with Crippen molar-refractivity contribution in [2.75, 3.05) is 23.3 Å². The van der Waals surface area contributed by atoms with Gasteiger partial charge in [0.15, 0.2) is 0 Å². The molecule has 3 aromatic heterocycles. The Morgan fingerprint density at radius 2 is 1.96 bits per heavy atom. The number of nitrogens with one attached hydrogen (secondary N) is 1. The predicted molar refractivity (Wildman–Crippen MR) is 107 cm³/mol. The summed E-state index contributed by atoms with van der Waals surface area (Å²) < 4.78 is 2.01. The standard InChI is InChI=1S/C19H25N7O2/c1-12(2)26-15-9-17(21-10-14(15)22-18(26)11-27)23-16-3-6-20-19(24-16)25-7-4-13(28)5-8-25/h3,6,9-10,12-13,27-28H,4-5,7-8,11H2,1-2H3,(H,20,21,23,24). The number of anilines is 3. The van der Waals surface area contributed by atoms with Crippen LogP contribution in [0, 0.1) is 0 Å². The van der Waals surface area contributed by atoms with E-state index < -0.39 is 0 Å². The maximum Gasteiger partial charge on any atom is 0.227 e. The fourth-order valence-corrected chi connectivity index (χ4v) is 3.57. The zero-order chi connectivity index (χ0) is 19.7. The highest BCUT2D eigenvalue weighted by Crippen LogP contribution is 2.24. The molecule has 3 aromatic rings. The smallest absolute Gasteiger partial charge is 0.227 e. The van der Waals surface area contributed by atoms with Gasteiger partial charge in [-0.2, -0.15) is 4.98 Å². The van der Waals surface area contributed by atoms with Gasteiger partial charge in [-0.3, -0.25) is 0 Å². The number of hydrogen-bond acceptors (Lipinski definition) is 8. The third kappa shape index (κ3) is 3.63. The number of nitrogens with zero attached hydrogens (tertiary/aromatic N) is 6. The van der Waals surface area contributed by atoms with E-state index in [-0.39, 0.29) is 18.8 Å². The third-order valence-corrected chi connectivity index (χ3v) is 4.95. The zero-order valence-corrected chi connectivity index (χ0v) is 16.1. The summed E-state index contributed by atoms with van der Waals surface area (Å²) in [5, 5.41) is 22.5. The molecule has 1 fully saturated rings. The SMILES string of the molecule is CC(C)n1c(CO)nc2cnc(Nc3ccnc(N4CCC(O)CC4)n3)cc21. The highest BCUT2D eigenvalue weighted by molar-refractivity contribution is 5.79. The second-order valence-electron chi connectivity index (χ2n) is 7.29. The molecule has 1 aliphatic rings. The minimum Gasteiger partial charge on any atom is -0.393 e. The molecular weight excluding hydrogens is 358 g/mol. The van der Waals surface area contributed by atoms with Crippen molar-refractivity contribution in [1.82, 2.24) is 24.5 Å². The summed E-state index contributed by atoms with van der Waals surface area (Å²) in [6.07, 6.45) is 4.64. The second-order valence-corrected chi connectivity index (χ2v) is 7.29. The maximum atomic E-state index is 9.68. The van der Waals surface area contributed by atoms with Gasteiger partial charge < -0.3 is 25.0 Å². The van der Waals surface area contributed by atoms with Crippen LogP contribution in [0.2, 0.25) is 0 Å². The van der Waals surface area contributed by atoms with Crippen molar-refractivity contribution in [2.45, 2.75) is 45.4 Å². The Kier molecular flexibility index (Phi) is 5.10. The van der Waals surface area contributed by atoms with E-state index in [1.54, 1.807) is 18.5 Å². The number of aromatic nitrogens is 5. The Morgan fingerprint density at radius 3 is 2.68 bits per heavy atom. The van der Waals surface area contributed by atoms with E-state index >= 15 is 0 Å². The summed E-state index contributed by atoms with van der Waals surface area (Å²) in [5.41, 5.74) is 1.66. The molecule has 28 heavy (non-hydrogen) atoms. The highest BCUT2D eigenvalue weighted by Gasteiger charge is 2.19. The Labute approximate surface area is 163 Å². The van der Waals surface area contributed by atoms with Gasteiger partial charge in [0.05, 0.1) is 17.8 Å². The lowest BCUT2D eigenvalue weighted by atomic mass is 10.1. The molecular formula is C19H25N7O2. The van der Waals surface area contributed by atoms with Crippen molar-refractivity contribution < 1.29 is 10.2 Å². The molecule has 0 atom stereocenters. The Balaban J connectivity index is 1.60. The summed E-state index contributed by atoms with van der Waals surface area (Å²) in [6, 6.07) is 3.88.